The zero-order valence-electron chi connectivity index (χ0n) is 20.7. The van der Waals surface area contributed by atoms with Gasteiger partial charge in [0.15, 0.2) is 16.5 Å². The van der Waals surface area contributed by atoms with Crippen LogP contribution in [0.4, 0.5) is 11.4 Å². The van der Waals surface area contributed by atoms with Gasteiger partial charge >= 0.3 is 0 Å². The van der Waals surface area contributed by atoms with Crippen LogP contribution in [0, 0.1) is 11.4 Å². The number of rotatable bonds is 8. The minimum Gasteiger partial charge on any atom is -0.497 e. The van der Waals surface area contributed by atoms with Crippen LogP contribution in [0.5, 0.6) is 5.75 Å². The first-order chi connectivity index (χ1) is 17.6. The van der Waals surface area contributed by atoms with E-state index in [1.807, 2.05) is 40.9 Å². The average Bonchev–Trinajstić information content (AvgIpc) is 3.12. The van der Waals surface area contributed by atoms with Gasteiger partial charge in [0.2, 0.25) is 10.8 Å². The number of hydrogen-bond acceptors (Lipinski definition) is 7. The number of piperidine rings is 1. The summed E-state index contributed by atoms with van der Waals surface area (Å²) in [6, 6.07) is 11.8. The number of carbonyl (C=O) groups is 1. The third kappa shape index (κ3) is 6.68. The number of nitrogens with zero attached hydrogens (tertiary/aromatic N) is 6. The van der Waals surface area contributed by atoms with Crippen molar-refractivity contribution < 1.29 is 14.3 Å². The van der Waals surface area contributed by atoms with Gasteiger partial charge in [-0.1, -0.05) is 6.07 Å². The standard InChI is InChI=1S/C26H33N7O2S/c1-28-29-22-4-3-20(24(17-22)30-31-27)15-19-7-10-32(11-8-19)12-9-26(34)33-13-14-36-25-6-5-23(35-2)16-21(25)18-33/h3-6,16-17,19,27H,1,7-15,18H2,2H3/q+2. The van der Waals surface area contributed by atoms with Gasteiger partial charge in [-0.2, -0.15) is 0 Å². The van der Waals surface area contributed by atoms with Crippen molar-refractivity contribution in [3.63, 3.8) is 0 Å². The van der Waals surface area contributed by atoms with Crippen LogP contribution in [0.1, 0.15) is 30.4 Å². The fraction of sp³-hybridized carbons (Fsp3) is 0.462. The summed E-state index contributed by atoms with van der Waals surface area (Å²) in [5.41, 5.74) is 10.7. The van der Waals surface area contributed by atoms with E-state index in [2.05, 4.69) is 37.6 Å². The van der Waals surface area contributed by atoms with E-state index in [0.29, 0.717) is 30.3 Å². The van der Waals surface area contributed by atoms with Crippen molar-refractivity contribution in [2.24, 2.45) is 16.1 Å². The average molecular weight is 508 g/mol. The van der Waals surface area contributed by atoms with Gasteiger partial charge in [0.1, 0.15) is 16.4 Å². The fourth-order valence-corrected chi connectivity index (χ4v) is 5.87. The molecule has 0 aliphatic carbocycles. The Hall–Kier alpha value is -3.29. The number of thioether (sulfide) groups is 1. The van der Waals surface area contributed by atoms with Crippen molar-refractivity contribution in [2.75, 3.05) is 39.0 Å². The molecule has 1 saturated heterocycles. The van der Waals surface area contributed by atoms with Crippen molar-refractivity contribution in [3.8, 4) is 5.75 Å². The molecule has 2 aromatic rings. The third-order valence-corrected chi connectivity index (χ3v) is 7.97. The van der Waals surface area contributed by atoms with Crippen LogP contribution in [-0.4, -0.2) is 66.3 Å². The number of ether oxygens (including phenoxy) is 1. The maximum Gasteiger partial charge on any atom is 0.296 e. The zero-order chi connectivity index (χ0) is 25.3. The summed E-state index contributed by atoms with van der Waals surface area (Å²) in [7, 11) is 1.67. The number of hydrogen-bond donors (Lipinski definition) is 1. The smallest absolute Gasteiger partial charge is 0.296 e. The molecule has 0 saturated carbocycles. The van der Waals surface area contributed by atoms with E-state index >= 15 is 0 Å². The Morgan fingerprint density at radius 1 is 1.19 bits per heavy atom. The predicted octanol–water partition coefficient (Wildman–Crippen LogP) is 4.65. The van der Waals surface area contributed by atoms with Crippen LogP contribution in [0.25, 0.3) is 0 Å². The molecular weight excluding hydrogens is 474 g/mol. The largest absolute Gasteiger partial charge is 0.497 e. The maximum atomic E-state index is 13.0. The second-order valence-corrected chi connectivity index (χ2v) is 10.3. The van der Waals surface area contributed by atoms with E-state index in [1.54, 1.807) is 13.2 Å². The molecule has 9 nitrogen and oxygen atoms in total. The van der Waals surface area contributed by atoms with Crippen LogP contribution in [0.2, 0.25) is 0 Å². The first-order valence-electron chi connectivity index (χ1n) is 12.3. The second kappa shape index (κ2) is 12.6. The van der Waals surface area contributed by atoms with Gasteiger partial charge in [0, 0.05) is 47.6 Å². The van der Waals surface area contributed by atoms with Crippen LogP contribution in [-0.2, 0) is 17.8 Å². The Morgan fingerprint density at radius 2 is 2.03 bits per heavy atom. The van der Waals surface area contributed by atoms with Gasteiger partial charge < -0.3 is 14.5 Å². The minimum absolute atomic E-state index is 0.221. The van der Waals surface area contributed by atoms with Crippen LogP contribution in [0.15, 0.2) is 51.5 Å². The molecule has 0 bridgehead atoms. The summed E-state index contributed by atoms with van der Waals surface area (Å²) >= 11 is 1.81. The van der Waals surface area contributed by atoms with E-state index in [0.717, 1.165) is 68.1 Å². The van der Waals surface area contributed by atoms with Gasteiger partial charge in [0.05, 0.1) is 7.11 Å². The van der Waals surface area contributed by atoms with E-state index in [-0.39, 0.29) is 5.91 Å². The summed E-state index contributed by atoms with van der Waals surface area (Å²) < 4.78 is 5.38. The molecule has 2 aliphatic heterocycles. The molecule has 1 amide bonds. The number of likely N-dealkylation sites (tertiary alicyclic amines) is 1. The molecule has 0 unspecified atom stereocenters. The number of methoxy groups -OCH3 is 1. The van der Waals surface area contributed by atoms with Crippen molar-refractivity contribution in [2.45, 2.75) is 37.1 Å². The Labute approximate surface area is 215 Å². The van der Waals surface area contributed by atoms with Crippen molar-refractivity contribution in [1.29, 1.82) is 5.53 Å². The fourth-order valence-electron chi connectivity index (χ4n) is 4.86. The van der Waals surface area contributed by atoms with E-state index < -0.39 is 0 Å². The molecule has 2 heterocycles. The van der Waals surface area contributed by atoms with Crippen molar-refractivity contribution in [3.05, 3.63) is 47.5 Å². The lowest BCUT2D eigenvalue weighted by Gasteiger charge is -2.32. The number of fused-ring (bicyclic) bond motifs is 1. The summed E-state index contributed by atoms with van der Waals surface area (Å²) in [6.45, 7) is 7.57. The minimum atomic E-state index is 0.221. The number of carbonyl (C=O) groups excluding carboxylic acids is 1. The number of amides is 1. The molecule has 2 aliphatic rings. The molecule has 2 aromatic carbocycles. The Kier molecular flexibility index (Phi) is 9.03. The predicted molar refractivity (Wildman–Crippen MR) is 139 cm³/mol. The lowest BCUT2D eigenvalue weighted by Crippen LogP contribution is -2.38. The summed E-state index contributed by atoms with van der Waals surface area (Å²) in [5, 5.41) is 7.91. The quantitative estimate of drug-likeness (QED) is 0.319. The van der Waals surface area contributed by atoms with E-state index in [9.17, 15) is 4.79 Å². The molecule has 4 rings (SSSR count). The Bertz CT molecular complexity index is 1180. The van der Waals surface area contributed by atoms with Crippen LogP contribution >= 0.6 is 11.8 Å². The monoisotopic (exact) mass is 507 g/mol. The highest BCUT2D eigenvalue weighted by atomic mass is 32.2. The maximum absolute atomic E-state index is 13.0. The van der Waals surface area contributed by atoms with Gasteiger partial charge in [-0.15, -0.1) is 11.8 Å². The van der Waals surface area contributed by atoms with Crippen LogP contribution in [0.3, 0.4) is 0 Å². The highest BCUT2D eigenvalue weighted by Gasteiger charge is 2.24. The van der Waals surface area contributed by atoms with E-state index in [1.165, 1.54) is 4.90 Å². The molecule has 0 atom stereocenters. The summed E-state index contributed by atoms with van der Waals surface area (Å²) in [4.78, 5) is 25.4. The lowest BCUT2D eigenvalue weighted by atomic mass is 9.89. The first-order valence-corrected chi connectivity index (χ1v) is 13.2. The molecule has 188 valence electrons. The summed E-state index contributed by atoms with van der Waals surface area (Å²) in [5.74, 6) is 2.50. The molecule has 1 N–H and O–H groups in total. The summed E-state index contributed by atoms with van der Waals surface area (Å²) in [6.07, 6.45) is 3.57. The Balaban J connectivity index is 1.27. The molecule has 0 radical (unpaired) electrons. The molecule has 36 heavy (non-hydrogen) atoms. The van der Waals surface area contributed by atoms with Gasteiger partial charge in [-0.25, -0.2) is 0 Å². The topological polar surface area (TPSA) is 110 Å². The van der Waals surface area contributed by atoms with Crippen molar-refractivity contribution >= 4 is 35.8 Å². The normalized spacial score (nSPS) is 16.3. The van der Waals surface area contributed by atoms with Gasteiger partial charge in [-0.3, -0.25) is 4.79 Å². The highest BCUT2D eigenvalue weighted by molar-refractivity contribution is 7.99. The SMILES string of the molecule is C=[N+]=Nc1ccc(CC2CCN(CCC(=O)N3CCSc4ccc(OC)cc4C3)CC2)c(N=[N+]=N)c1. The first kappa shape index (κ1) is 25.8. The van der Waals surface area contributed by atoms with E-state index in [4.69, 9.17) is 10.3 Å². The molecule has 10 heteroatoms. The lowest BCUT2D eigenvalue weighted by molar-refractivity contribution is -0.132. The zero-order valence-corrected chi connectivity index (χ0v) is 21.5. The molecule has 1 fully saturated rings. The van der Waals surface area contributed by atoms with Crippen LogP contribution < -0.4 is 9.65 Å². The van der Waals surface area contributed by atoms with Crippen molar-refractivity contribution in [1.82, 2.24) is 14.7 Å². The van der Waals surface area contributed by atoms with Gasteiger partial charge in [-0.05, 0) is 73.7 Å². The highest BCUT2D eigenvalue weighted by Crippen LogP contribution is 2.32. The second-order valence-electron chi connectivity index (χ2n) is 9.13. The van der Waals surface area contributed by atoms with Gasteiger partial charge in [0.25, 0.3) is 6.72 Å². The molecule has 0 spiro atoms. The third-order valence-electron chi connectivity index (χ3n) is 6.87. The molecule has 0 aromatic heterocycles. The number of nitrogens with one attached hydrogen (secondary N) is 1. The Morgan fingerprint density at radius 3 is 2.78 bits per heavy atom. The molecular formula is C26H33N7O2S+2. The number of benzene rings is 2.